The Morgan fingerprint density at radius 1 is 0.971 bits per heavy atom. The minimum absolute atomic E-state index is 0.170. The van der Waals surface area contributed by atoms with Gasteiger partial charge in [-0.05, 0) is 72.5 Å². The van der Waals surface area contributed by atoms with Crippen LogP contribution in [0.1, 0.15) is 15.9 Å². The third-order valence-corrected chi connectivity index (χ3v) is 6.95. The van der Waals surface area contributed by atoms with Gasteiger partial charge in [0.25, 0.3) is 5.91 Å². The number of amides is 1. The summed E-state index contributed by atoms with van der Waals surface area (Å²) in [4.78, 5) is 22.4. The van der Waals surface area contributed by atoms with Crippen LogP contribution < -0.4 is 19.9 Å². The lowest BCUT2D eigenvalue weighted by Gasteiger charge is -2.37. The maximum absolute atomic E-state index is 13.1. The Hall–Kier alpha value is -3.77. The molecular formula is C28H27ClN4O2. The number of nitrogens with zero attached hydrogens (tertiary/aromatic N) is 3. The van der Waals surface area contributed by atoms with Gasteiger partial charge < -0.3 is 19.9 Å². The quantitative estimate of drug-likeness (QED) is 0.387. The Balaban J connectivity index is 1.35. The Bertz CT molecular complexity index is 1370. The van der Waals surface area contributed by atoms with E-state index in [2.05, 4.69) is 27.2 Å². The fourth-order valence-electron chi connectivity index (χ4n) is 4.45. The van der Waals surface area contributed by atoms with Crippen LogP contribution >= 0.6 is 11.6 Å². The number of halogens is 1. The summed E-state index contributed by atoms with van der Waals surface area (Å²) in [7, 11) is 1.68. The Morgan fingerprint density at radius 2 is 1.71 bits per heavy atom. The van der Waals surface area contributed by atoms with Gasteiger partial charge in [0.2, 0.25) is 0 Å². The normalized spacial score (nSPS) is 13.7. The number of rotatable bonds is 5. The van der Waals surface area contributed by atoms with E-state index in [9.17, 15) is 4.79 Å². The number of nitrogens with one attached hydrogen (secondary N) is 1. The zero-order valence-electron chi connectivity index (χ0n) is 19.8. The van der Waals surface area contributed by atoms with Crippen LogP contribution in [0.4, 0.5) is 17.2 Å². The molecule has 1 amide bonds. The number of piperazine rings is 1. The van der Waals surface area contributed by atoms with Crippen molar-refractivity contribution in [3.8, 4) is 5.75 Å². The molecule has 3 aromatic carbocycles. The summed E-state index contributed by atoms with van der Waals surface area (Å²) in [6.45, 7) is 5.36. The summed E-state index contributed by atoms with van der Waals surface area (Å²) in [6.07, 6.45) is 1.84. The van der Waals surface area contributed by atoms with Crippen molar-refractivity contribution in [2.45, 2.75) is 6.92 Å². The first kappa shape index (κ1) is 23.0. The van der Waals surface area contributed by atoms with E-state index in [4.69, 9.17) is 21.3 Å². The fourth-order valence-corrected chi connectivity index (χ4v) is 4.63. The van der Waals surface area contributed by atoms with E-state index in [1.807, 2.05) is 67.7 Å². The number of pyridine rings is 1. The first-order valence-electron chi connectivity index (χ1n) is 11.6. The highest BCUT2D eigenvalue weighted by Crippen LogP contribution is 2.29. The molecule has 6 nitrogen and oxygen atoms in total. The molecule has 178 valence electrons. The number of carbonyl (C=O) groups is 1. The average molecular weight is 487 g/mol. The van der Waals surface area contributed by atoms with Crippen LogP contribution in [0.5, 0.6) is 5.75 Å². The number of carbonyl (C=O) groups excluding carboxylic acids is 1. The van der Waals surface area contributed by atoms with E-state index in [0.717, 1.165) is 54.1 Å². The largest absolute Gasteiger partial charge is 0.497 e. The Labute approximate surface area is 210 Å². The summed E-state index contributed by atoms with van der Waals surface area (Å²) >= 11 is 6.22. The molecule has 0 spiro atoms. The van der Waals surface area contributed by atoms with Gasteiger partial charge in [0.1, 0.15) is 11.6 Å². The van der Waals surface area contributed by atoms with Crippen molar-refractivity contribution in [2.24, 2.45) is 0 Å². The number of hydrogen-bond acceptors (Lipinski definition) is 5. The van der Waals surface area contributed by atoms with Gasteiger partial charge in [-0.2, -0.15) is 0 Å². The zero-order chi connectivity index (χ0) is 24.4. The maximum atomic E-state index is 13.1. The summed E-state index contributed by atoms with van der Waals surface area (Å²) in [5.74, 6) is 1.60. The number of aromatic nitrogens is 1. The minimum Gasteiger partial charge on any atom is -0.497 e. The third-order valence-electron chi connectivity index (χ3n) is 6.54. The van der Waals surface area contributed by atoms with E-state index < -0.39 is 0 Å². The zero-order valence-corrected chi connectivity index (χ0v) is 20.5. The van der Waals surface area contributed by atoms with E-state index in [1.54, 1.807) is 7.11 Å². The van der Waals surface area contributed by atoms with Crippen LogP contribution in [-0.2, 0) is 0 Å². The predicted molar refractivity (Wildman–Crippen MR) is 143 cm³/mol. The van der Waals surface area contributed by atoms with Crippen molar-refractivity contribution < 1.29 is 9.53 Å². The van der Waals surface area contributed by atoms with Gasteiger partial charge in [0, 0.05) is 59.7 Å². The Kier molecular flexibility index (Phi) is 6.47. The number of benzene rings is 3. The van der Waals surface area contributed by atoms with Crippen molar-refractivity contribution in [3.63, 3.8) is 0 Å². The van der Waals surface area contributed by atoms with Crippen molar-refractivity contribution >= 4 is 45.5 Å². The topological polar surface area (TPSA) is 57.7 Å². The molecule has 1 saturated heterocycles. The van der Waals surface area contributed by atoms with Crippen LogP contribution in [-0.4, -0.2) is 44.2 Å². The molecule has 0 aliphatic carbocycles. The van der Waals surface area contributed by atoms with Crippen LogP contribution in [0.3, 0.4) is 0 Å². The standard InChI is InChI=1S/C28H27ClN4O2/c1-19-25(29)4-3-5-26(19)31-28(34)21-7-6-20-12-13-30-27(24(20)18-21)33-16-14-32(15-17-33)22-8-10-23(35-2)11-9-22/h3-13,18H,14-17H2,1-2H3,(H,31,34). The lowest BCUT2D eigenvalue weighted by molar-refractivity contribution is 0.102. The fraction of sp³-hybridized carbons (Fsp3) is 0.214. The first-order chi connectivity index (χ1) is 17.0. The first-order valence-corrected chi connectivity index (χ1v) is 12.0. The molecule has 7 heteroatoms. The SMILES string of the molecule is COc1ccc(N2CCN(c3nccc4ccc(C(=O)Nc5cccc(Cl)c5C)cc34)CC2)cc1. The van der Waals surface area contributed by atoms with E-state index in [1.165, 1.54) is 5.69 Å². The van der Waals surface area contributed by atoms with E-state index in [-0.39, 0.29) is 5.91 Å². The monoisotopic (exact) mass is 486 g/mol. The molecule has 0 radical (unpaired) electrons. The van der Waals surface area contributed by atoms with Crippen molar-refractivity contribution in [1.29, 1.82) is 0 Å². The molecule has 4 aromatic rings. The number of ether oxygens (including phenoxy) is 1. The van der Waals surface area contributed by atoms with Gasteiger partial charge >= 0.3 is 0 Å². The highest BCUT2D eigenvalue weighted by Gasteiger charge is 2.21. The molecule has 0 saturated carbocycles. The summed E-state index contributed by atoms with van der Waals surface area (Å²) in [5.41, 5.74) is 3.33. The van der Waals surface area contributed by atoms with Crippen molar-refractivity contribution in [2.75, 3.05) is 48.4 Å². The molecule has 0 atom stereocenters. The molecule has 5 rings (SSSR count). The molecule has 2 heterocycles. The minimum atomic E-state index is -0.170. The van der Waals surface area contributed by atoms with E-state index >= 15 is 0 Å². The van der Waals surface area contributed by atoms with Gasteiger partial charge in [-0.15, -0.1) is 0 Å². The number of methoxy groups -OCH3 is 1. The maximum Gasteiger partial charge on any atom is 0.255 e. The van der Waals surface area contributed by atoms with Crippen molar-refractivity contribution in [3.05, 3.63) is 89.1 Å². The second-order valence-electron chi connectivity index (χ2n) is 8.61. The van der Waals surface area contributed by atoms with Crippen LogP contribution in [0.2, 0.25) is 5.02 Å². The van der Waals surface area contributed by atoms with Gasteiger partial charge in [-0.1, -0.05) is 23.7 Å². The summed E-state index contributed by atoms with van der Waals surface area (Å²) in [5, 5.41) is 5.65. The lowest BCUT2D eigenvalue weighted by atomic mass is 10.1. The molecule has 1 aromatic heterocycles. The summed E-state index contributed by atoms with van der Waals surface area (Å²) < 4.78 is 5.27. The van der Waals surface area contributed by atoms with Gasteiger partial charge in [0.15, 0.2) is 0 Å². The molecule has 35 heavy (non-hydrogen) atoms. The highest BCUT2D eigenvalue weighted by molar-refractivity contribution is 6.31. The van der Waals surface area contributed by atoms with Crippen LogP contribution in [0.25, 0.3) is 10.8 Å². The Morgan fingerprint density at radius 3 is 2.46 bits per heavy atom. The number of anilines is 3. The van der Waals surface area contributed by atoms with Crippen molar-refractivity contribution in [1.82, 2.24) is 4.98 Å². The molecule has 0 bridgehead atoms. The average Bonchev–Trinajstić information content (AvgIpc) is 2.91. The van der Waals surface area contributed by atoms with Gasteiger partial charge in [-0.25, -0.2) is 4.98 Å². The molecule has 1 aliphatic heterocycles. The molecular weight excluding hydrogens is 460 g/mol. The van der Waals surface area contributed by atoms with E-state index in [0.29, 0.717) is 16.3 Å². The number of fused-ring (bicyclic) bond motifs is 1. The molecule has 1 aliphatic rings. The molecule has 0 unspecified atom stereocenters. The van der Waals surface area contributed by atoms with Gasteiger partial charge in [0.05, 0.1) is 7.11 Å². The second kappa shape index (κ2) is 9.84. The predicted octanol–water partition coefficient (Wildman–Crippen LogP) is 5.78. The smallest absolute Gasteiger partial charge is 0.255 e. The third kappa shape index (κ3) is 4.75. The lowest BCUT2D eigenvalue weighted by Crippen LogP contribution is -2.46. The summed E-state index contributed by atoms with van der Waals surface area (Å²) in [6, 6.07) is 21.4. The van der Waals surface area contributed by atoms with Gasteiger partial charge in [-0.3, -0.25) is 4.79 Å². The van der Waals surface area contributed by atoms with Crippen LogP contribution in [0, 0.1) is 6.92 Å². The number of hydrogen-bond donors (Lipinski definition) is 1. The van der Waals surface area contributed by atoms with Crippen LogP contribution in [0.15, 0.2) is 72.9 Å². The molecule has 1 fully saturated rings. The highest BCUT2D eigenvalue weighted by atomic mass is 35.5. The molecule has 1 N–H and O–H groups in total. The second-order valence-corrected chi connectivity index (χ2v) is 9.02.